The molecule has 4 aromatic rings. The normalized spacial score (nSPS) is 13.5. The Hall–Kier alpha value is -4.10. The average molecular weight is 584 g/mol. The molecule has 0 aliphatic rings. The molecule has 0 radical (unpaired) electrons. The number of aryl methyl sites for hydroxylation is 1. The number of H-pyrrole nitrogens is 2. The van der Waals surface area contributed by atoms with Crippen molar-refractivity contribution in [3.05, 3.63) is 82.8 Å². The number of fused-ring (bicyclic) bond motifs is 1. The molecular weight excluding hydrogens is 554 g/mol. The maximum atomic E-state index is 14.2. The average Bonchev–Trinajstić information content (AvgIpc) is 3.49. The van der Waals surface area contributed by atoms with Crippen LogP contribution in [0.4, 0.5) is 4.79 Å². The molecule has 3 N–H and O–H groups in total. The quantitative estimate of drug-likeness (QED) is 0.267. The van der Waals surface area contributed by atoms with Crippen molar-refractivity contribution in [1.29, 1.82) is 0 Å². The monoisotopic (exact) mass is 583 g/mol. The second-order valence-corrected chi connectivity index (χ2v) is 12.7. The zero-order chi connectivity index (χ0) is 29.2. The van der Waals surface area contributed by atoms with Gasteiger partial charge in [-0.05, 0) is 52.0 Å². The number of aromatic amines is 2. The summed E-state index contributed by atoms with van der Waals surface area (Å²) in [6.07, 6.45) is 1.82. The number of nitrogens with zero attached hydrogens (tertiary/aromatic N) is 2. The van der Waals surface area contributed by atoms with E-state index < -0.39 is 49.3 Å². The highest BCUT2D eigenvalue weighted by molar-refractivity contribution is 7.95. The summed E-state index contributed by atoms with van der Waals surface area (Å²) in [4.78, 5) is 48.9. The van der Waals surface area contributed by atoms with Crippen molar-refractivity contribution in [2.24, 2.45) is 0 Å². The predicted molar refractivity (Wildman–Crippen MR) is 153 cm³/mol. The number of sulfone groups is 1. The van der Waals surface area contributed by atoms with Gasteiger partial charge in [-0.3, -0.25) is 9.36 Å². The molecule has 2 heterocycles. The summed E-state index contributed by atoms with van der Waals surface area (Å²) in [5.74, 6) is -0.948. The largest absolute Gasteiger partial charge is 0.444 e. The summed E-state index contributed by atoms with van der Waals surface area (Å²) >= 11 is 5.61. The van der Waals surface area contributed by atoms with Crippen LogP contribution in [0.5, 0.6) is 0 Å². The fraction of sp³-hybridized carbons (Fsp3) is 0.296. The Balaban J connectivity index is 1.85. The number of ether oxygens (including phenoxy) is 1. The Morgan fingerprint density at radius 2 is 1.80 bits per heavy atom. The minimum Gasteiger partial charge on any atom is -0.444 e. The third-order valence-corrected chi connectivity index (χ3v) is 8.53. The fourth-order valence-corrected chi connectivity index (χ4v) is 6.44. The highest BCUT2D eigenvalue weighted by atomic mass is 32.2. The van der Waals surface area contributed by atoms with E-state index in [1.54, 1.807) is 64.1 Å². The number of ketones is 1. The lowest BCUT2D eigenvalue weighted by atomic mass is 10.0. The first-order chi connectivity index (χ1) is 18.8. The van der Waals surface area contributed by atoms with Crippen LogP contribution in [0.25, 0.3) is 11.0 Å². The van der Waals surface area contributed by atoms with E-state index in [1.807, 2.05) is 0 Å². The zero-order valence-corrected chi connectivity index (χ0v) is 23.9. The summed E-state index contributed by atoms with van der Waals surface area (Å²) < 4.78 is 34.5. The Morgan fingerprint density at radius 1 is 1.12 bits per heavy atom. The van der Waals surface area contributed by atoms with Gasteiger partial charge in [-0.15, -0.1) is 0 Å². The molecule has 0 saturated heterocycles. The fourth-order valence-electron chi connectivity index (χ4n) is 4.13. The number of aromatic nitrogens is 4. The van der Waals surface area contributed by atoms with Crippen molar-refractivity contribution in [2.75, 3.05) is 0 Å². The molecule has 40 heavy (non-hydrogen) atoms. The smallest absolute Gasteiger partial charge is 0.408 e. The third-order valence-electron chi connectivity index (χ3n) is 5.96. The molecule has 2 atom stereocenters. The number of benzene rings is 2. The summed E-state index contributed by atoms with van der Waals surface area (Å²) in [5.41, 5.74) is 0.319. The second kappa shape index (κ2) is 11.2. The molecule has 2 aromatic carbocycles. The first kappa shape index (κ1) is 28.9. The zero-order valence-electron chi connectivity index (χ0n) is 22.3. The Morgan fingerprint density at radius 3 is 2.42 bits per heavy atom. The number of Topliss-reactive ketones (excluding diaryl/α,β-unsaturated/α-hetero) is 1. The number of imidazole rings is 2. The van der Waals surface area contributed by atoms with E-state index in [2.05, 4.69) is 20.3 Å². The molecule has 0 bridgehead atoms. The van der Waals surface area contributed by atoms with Gasteiger partial charge in [-0.1, -0.05) is 42.0 Å². The first-order valence-electron chi connectivity index (χ1n) is 12.3. The molecule has 2 aromatic heterocycles. The minimum absolute atomic E-state index is 0.160. The lowest BCUT2D eigenvalue weighted by Gasteiger charge is -2.26. The number of carbonyl (C=O) groups excluding carboxylic acids is 2. The van der Waals surface area contributed by atoms with Crippen LogP contribution in [0.3, 0.4) is 0 Å². The predicted octanol–water partition coefficient (Wildman–Crippen LogP) is 3.08. The van der Waals surface area contributed by atoms with Crippen LogP contribution in [-0.2, 0) is 25.8 Å². The van der Waals surface area contributed by atoms with Gasteiger partial charge in [0.15, 0.2) is 20.9 Å². The van der Waals surface area contributed by atoms with Gasteiger partial charge in [0.05, 0.1) is 34.0 Å². The molecule has 1 unspecified atom stereocenters. The van der Waals surface area contributed by atoms with Crippen LogP contribution < -0.4 is 11.0 Å². The third kappa shape index (κ3) is 6.20. The summed E-state index contributed by atoms with van der Waals surface area (Å²) in [5, 5.41) is 0.480. The van der Waals surface area contributed by atoms with E-state index >= 15 is 0 Å². The molecule has 0 aliphatic carbocycles. The van der Waals surface area contributed by atoms with Gasteiger partial charge in [0.2, 0.25) is 0 Å². The first-order valence-corrected chi connectivity index (χ1v) is 14.3. The van der Waals surface area contributed by atoms with Gasteiger partial charge in [0.1, 0.15) is 10.6 Å². The number of carbonyl (C=O) groups is 2. The van der Waals surface area contributed by atoms with Gasteiger partial charge in [0, 0.05) is 12.6 Å². The molecule has 0 saturated carbocycles. The summed E-state index contributed by atoms with van der Waals surface area (Å²) in [6, 6.07) is 11.1. The van der Waals surface area contributed by atoms with Crippen LogP contribution in [0.15, 0.2) is 70.7 Å². The van der Waals surface area contributed by atoms with Crippen molar-refractivity contribution >= 4 is 50.0 Å². The van der Waals surface area contributed by atoms with Gasteiger partial charge in [0.25, 0.3) is 0 Å². The van der Waals surface area contributed by atoms with E-state index in [0.29, 0.717) is 16.7 Å². The number of hydrogen-bond donors (Lipinski definition) is 3. The Labute approximate surface area is 235 Å². The molecule has 0 fully saturated rings. The SMILES string of the molecule is Cc1ccc(S(=O)(=O)C(C(=O)[C@H](Cc2c[nH]cn2)NC(=O)OC(C)(C)C)C(=S)n2c(=O)[nH]c3ccccc32)cc1. The number of nitrogens with one attached hydrogen (secondary N) is 3. The lowest BCUT2D eigenvalue weighted by Crippen LogP contribution is -2.53. The lowest BCUT2D eigenvalue weighted by molar-refractivity contribution is -0.119. The molecule has 4 rings (SSSR count). The van der Waals surface area contributed by atoms with E-state index in [9.17, 15) is 22.8 Å². The molecule has 210 valence electrons. The second-order valence-electron chi connectivity index (χ2n) is 10.2. The van der Waals surface area contributed by atoms with Gasteiger partial charge < -0.3 is 20.0 Å². The number of thiocarbonyl (C=S) groups is 1. The van der Waals surface area contributed by atoms with Crippen LogP contribution in [0.1, 0.15) is 32.0 Å². The number of rotatable bonds is 8. The maximum absolute atomic E-state index is 14.2. The van der Waals surface area contributed by atoms with Crippen molar-refractivity contribution < 1.29 is 22.7 Å². The van der Waals surface area contributed by atoms with Crippen molar-refractivity contribution in [2.45, 2.75) is 55.9 Å². The number of para-hydroxylation sites is 2. The van der Waals surface area contributed by atoms with Crippen molar-refractivity contribution in [3.63, 3.8) is 0 Å². The summed E-state index contributed by atoms with van der Waals surface area (Å²) in [7, 11) is -4.51. The van der Waals surface area contributed by atoms with E-state index in [-0.39, 0.29) is 11.3 Å². The van der Waals surface area contributed by atoms with E-state index in [1.165, 1.54) is 24.7 Å². The van der Waals surface area contributed by atoms with Gasteiger partial charge in [-0.2, -0.15) is 0 Å². The number of alkyl carbamates (subject to hydrolysis) is 1. The molecule has 13 heteroatoms. The van der Waals surface area contributed by atoms with E-state index in [4.69, 9.17) is 17.0 Å². The van der Waals surface area contributed by atoms with Crippen LogP contribution >= 0.6 is 12.2 Å². The van der Waals surface area contributed by atoms with Gasteiger partial charge in [-0.25, -0.2) is 23.0 Å². The molecule has 1 amide bonds. The topological polar surface area (TPSA) is 156 Å². The van der Waals surface area contributed by atoms with E-state index in [0.717, 1.165) is 10.1 Å². The van der Waals surface area contributed by atoms with Crippen molar-refractivity contribution in [3.8, 4) is 0 Å². The van der Waals surface area contributed by atoms with Crippen LogP contribution in [0, 0.1) is 6.92 Å². The molecule has 0 spiro atoms. The Kier molecular flexibility index (Phi) is 8.08. The van der Waals surface area contributed by atoms with Gasteiger partial charge >= 0.3 is 11.8 Å². The molecule has 11 nitrogen and oxygen atoms in total. The standard InChI is InChI=1S/C27H29N5O6S2/c1-16-9-11-18(12-10-16)40(36,37)23(24(39)32-21-8-6-5-7-19(21)30-25(32)34)22(33)20(13-17-14-28-15-29-17)31-26(35)38-27(2,3)4/h5-12,14-15,20,23H,13H2,1-4H3,(H,28,29)(H,30,34)(H,31,35)/t20-,23?/m0/s1. The van der Waals surface area contributed by atoms with Crippen LogP contribution in [0.2, 0.25) is 0 Å². The number of amides is 1. The van der Waals surface area contributed by atoms with Crippen molar-refractivity contribution in [1.82, 2.24) is 24.8 Å². The number of hydrogen-bond acceptors (Lipinski definition) is 8. The highest BCUT2D eigenvalue weighted by Gasteiger charge is 2.43. The molecular formula is C27H29N5O6S2. The summed E-state index contributed by atoms with van der Waals surface area (Å²) in [6.45, 7) is 6.75. The minimum atomic E-state index is -4.51. The Bertz CT molecular complexity index is 1720. The van der Waals surface area contributed by atoms with Crippen LogP contribution in [-0.4, -0.2) is 61.7 Å². The highest BCUT2D eigenvalue weighted by Crippen LogP contribution is 2.23. The maximum Gasteiger partial charge on any atom is 0.408 e. The molecule has 0 aliphatic heterocycles.